The molecule has 0 saturated heterocycles. The second-order valence-electron chi connectivity index (χ2n) is 5.36. The van der Waals surface area contributed by atoms with Crippen molar-refractivity contribution in [1.82, 2.24) is 4.72 Å². The first-order valence-electron chi connectivity index (χ1n) is 6.16. The Hall–Kier alpha value is -1.58. The maximum absolute atomic E-state index is 12.2. The molecule has 19 heavy (non-hydrogen) atoms. The molecule has 1 fully saturated rings. The van der Waals surface area contributed by atoms with Crippen molar-refractivity contribution >= 4 is 15.7 Å². The van der Waals surface area contributed by atoms with Gasteiger partial charge in [-0.25, -0.2) is 13.1 Å². The molecule has 0 amide bonds. The van der Waals surface area contributed by atoms with Crippen LogP contribution in [0.3, 0.4) is 0 Å². The van der Waals surface area contributed by atoms with Crippen molar-refractivity contribution in [2.75, 3.05) is 12.3 Å². The number of nitrogen functional groups attached to an aromatic ring is 1. The topological polar surface area (TPSA) is 96.0 Å². The normalized spacial score (nSPS) is 17.5. The number of anilines is 1. The van der Waals surface area contributed by atoms with Crippen LogP contribution in [0.1, 0.15) is 31.7 Å². The second kappa shape index (κ2) is 4.83. The third kappa shape index (κ3) is 2.88. The number of nitrogens with one attached hydrogen (secondary N) is 1. The summed E-state index contributed by atoms with van der Waals surface area (Å²) >= 11 is 0. The summed E-state index contributed by atoms with van der Waals surface area (Å²) in [6.45, 7) is 2.47. The van der Waals surface area contributed by atoms with E-state index in [1.807, 2.05) is 6.07 Å². The van der Waals surface area contributed by atoms with Gasteiger partial charge < -0.3 is 5.73 Å². The lowest BCUT2D eigenvalue weighted by molar-refractivity contribution is 0.166. The fourth-order valence-electron chi connectivity index (χ4n) is 2.17. The average Bonchev–Trinajstić information content (AvgIpc) is 2.33. The number of benzene rings is 1. The summed E-state index contributed by atoms with van der Waals surface area (Å²) in [5.41, 5.74) is 6.05. The minimum absolute atomic E-state index is 0.00729. The zero-order chi connectivity index (χ0) is 14.1. The molecule has 1 aliphatic rings. The van der Waals surface area contributed by atoms with Crippen LogP contribution in [0.15, 0.2) is 23.1 Å². The number of rotatable bonds is 4. The Morgan fingerprint density at radius 1 is 1.47 bits per heavy atom. The summed E-state index contributed by atoms with van der Waals surface area (Å²) in [7, 11) is -3.66. The second-order valence-corrected chi connectivity index (χ2v) is 7.09. The highest BCUT2D eigenvalue weighted by Gasteiger charge is 2.33. The van der Waals surface area contributed by atoms with Gasteiger partial charge in [0, 0.05) is 12.2 Å². The predicted molar refractivity (Wildman–Crippen MR) is 72.7 cm³/mol. The molecule has 0 spiro atoms. The van der Waals surface area contributed by atoms with Crippen LogP contribution in [-0.2, 0) is 10.0 Å². The molecule has 0 heterocycles. The fourth-order valence-corrected chi connectivity index (χ4v) is 3.51. The zero-order valence-corrected chi connectivity index (χ0v) is 11.6. The van der Waals surface area contributed by atoms with Crippen LogP contribution in [0.25, 0.3) is 0 Å². The Kier molecular flexibility index (Phi) is 3.52. The number of hydrogen-bond acceptors (Lipinski definition) is 4. The molecule has 0 bridgehead atoms. The Labute approximate surface area is 113 Å². The van der Waals surface area contributed by atoms with E-state index in [1.165, 1.54) is 18.2 Å². The highest BCUT2D eigenvalue weighted by Crippen LogP contribution is 2.39. The van der Waals surface area contributed by atoms with Gasteiger partial charge in [-0.1, -0.05) is 13.3 Å². The van der Waals surface area contributed by atoms with Crippen molar-refractivity contribution in [2.24, 2.45) is 5.41 Å². The first kappa shape index (κ1) is 13.8. The molecule has 1 saturated carbocycles. The van der Waals surface area contributed by atoms with Crippen molar-refractivity contribution in [3.63, 3.8) is 0 Å². The van der Waals surface area contributed by atoms with Gasteiger partial charge in [-0.2, -0.15) is 5.26 Å². The predicted octanol–water partition coefficient (Wildman–Crippen LogP) is 1.61. The van der Waals surface area contributed by atoms with Gasteiger partial charge in [-0.15, -0.1) is 0 Å². The quantitative estimate of drug-likeness (QED) is 0.818. The van der Waals surface area contributed by atoms with Crippen molar-refractivity contribution in [1.29, 1.82) is 5.26 Å². The van der Waals surface area contributed by atoms with Crippen LogP contribution in [-0.4, -0.2) is 15.0 Å². The highest BCUT2D eigenvalue weighted by atomic mass is 32.2. The van der Waals surface area contributed by atoms with E-state index in [-0.39, 0.29) is 15.9 Å². The van der Waals surface area contributed by atoms with Crippen molar-refractivity contribution in [3.8, 4) is 6.07 Å². The van der Waals surface area contributed by atoms with Crippen LogP contribution in [0.5, 0.6) is 0 Å². The summed E-state index contributed by atoms with van der Waals surface area (Å²) in [5, 5.41) is 8.99. The molecule has 3 N–H and O–H groups in total. The summed E-state index contributed by atoms with van der Waals surface area (Å²) in [5.74, 6) is 0. The number of sulfonamides is 1. The van der Waals surface area contributed by atoms with E-state index in [0.29, 0.717) is 12.2 Å². The van der Waals surface area contributed by atoms with E-state index in [2.05, 4.69) is 11.6 Å². The SMILES string of the molecule is CC1(CNS(=O)(=O)c2ccc(N)cc2C#N)CCC1. The lowest BCUT2D eigenvalue weighted by Gasteiger charge is -2.38. The van der Waals surface area contributed by atoms with E-state index >= 15 is 0 Å². The summed E-state index contributed by atoms with van der Waals surface area (Å²) in [4.78, 5) is -0.00729. The van der Waals surface area contributed by atoms with Gasteiger partial charge in [0.05, 0.1) is 10.5 Å². The van der Waals surface area contributed by atoms with E-state index < -0.39 is 10.0 Å². The minimum Gasteiger partial charge on any atom is -0.399 e. The minimum atomic E-state index is -3.66. The Balaban J connectivity index is 2.22. The molecule has 1 aromatic rings. The van der Waals surface area contributed by atoms with E-state index in [1.54, 1.807) is 0 Å². The van der Waals surface area contributed by atoms with E-state index in [9.17, 15) is 8.42 Å². The third-order valence-electron chi connectivity index (χ3n) is 3.66. The molecule has 0 aliphatic heterocycles. The molecular weight excluding hydrogens is 262 g/mol. The molecule has 0 atom stereocenters. The summed E-state index contributed by atoms with van der Waals surface area (Å²) in [6.07, 6.45) is 3.20. The van der Waals surface area contributed by atoms with Crippen LogP contribution >= 0.6 is 0 Å². The highest BCUT2D eigenvalue weighted by molar-refractivity contribution is 7.89. The van der Waals surface area contributed by atoms with Crippen molar-refractivity contribution in [2.45, 2.75) is 31.1 Å². The standard InChI is InChI=1S/C13H17N3O2S/c1-13(5-2-6-13)9-16-19(17,18)12-4-3-11(15)7-10(12)8-14/h3-4,7,16H,2,5-6,9,15H2,1H3. The van der Waals surface area contributed by atoms with Gasteiger partial charge in [-0.05, 0) is 36.5 Å². The van der Waals surface area contributed by atoms with Crippen LogP contribution in [0.2, 0.25) is 0 Å². The molecule has 102 valence electrons. The molecule has 0 unspecified atom stereocenters. The lowest BCUT2D eigenvalue weighted by Crippen LogP contribution is -2.40. The average molecular weight is 279 g/mol. The Morgan fingerprint density at radius 2 is 2.16 bits per heavy atom. The van der Waals surface area contributed by atoms with Crippen LogP contribution < -0.4 is 10.5 Å². The lowest BCUT2D eigenvalue weighted by atomic mass is 9.71. The molecule has 1 aliphatic carbocycles. The maximum Gasteiger partial charge on any atom is 0.241 e. The molecule has 5 nitrogen and oxygen atoms in total. The first-order chi connectivity index (χ1) is 8.86. The van der Waals surface area contributed by atoms with Crippen molar-refractivity contribution in [3.05, 3.63) is 23.8 Å². The van der Waals surface area contributed by atoms with E-state index in [4.69, 9.17) is 11.0 Å². The molecule has 6 heteroatoms. The van der Waals surface area contributed by atoms with Gasteiger partial charge in [-0.3, -0.25) is 0 Å². The van der Waals surface area contributed by atoms with Gasteiger partial charge >= 0.3 is 0 Å². The van der Waals surface area contributed by atoms with Crippen LogP contribution in [0, 0.1) is 16.7 Å². The Bertz CT molecular complexity index is 628. The zero-order valence-electron chi connectivity index (χ0n) is 10.8. The number of nitrogens with two attached hydrogens (primary N) is 1. The van der Waals surface area contributed by atoms with Gasteiger partial charge in [0.15, 0.2) is 0 Å². The third-order valence-corrected chi connectivity index (χ3v) is 5.12. The van der Waals surface area contributed by atoms with Gasteiger partial charge in [0.1, 0.15) is 6.07 Å². The number of hydrogen-bond donors (Lipinski definition) is 2. The van der Waals surface area contributed by atoms with Crippen molar-refractivity contribution < 1.29 is 8.42 Å². The first-order valence-corrected chi connectivity index (χ1v) is 7.64. The fraction of sp³-hybridized carbons (Fsp3) is 0.462. The number of nitriles is 1. The summed E-state index contributed by atoms with van der Waals surface area (Å²) < 4.78 is 27.0. The number of nitrogens with zero attached hydrogens (tertiary/aromatic N) is 1. The molecule has 2 rings (SSSR count). The Morgan fingerprint density at radius 3 is 2.68 bits per heavy atom. The largest absolute Gasteiger partial charge is 0.399 e. The smallest absolute Gasteiger partial charge is 0.241 e. The monoisotopic (exact) mass is 279 g/mol. The van der Waals surface area contributed by atoms with Gasteiger partial charge in [0.25, 0.3) is 0 Å². The molecular formula is C13H17N3O2S. The molecule has 0 aromatic heterocycles. The molecule has 0 radical (unpaired) electrons. The van der Waals surface area contributed by atoms with Gasteiger partial charge in [0.2, 0.25) is 10.0 Å². The molecule has 1 aromatic carbocycles. The van der Waals surface area contributed by atoms with Crippen LogP contribution in [0.4, 0.5) is 5.69 Å². The maximum atomic E-state index is 12.2. The summed E-state index contributed by atoms with van der Waals surface area (Å²) in [6, 6.07) is 6.10. The van der Waals surface area contributed by atoms with E-state index in [0.717, 1.165) is 19.3 Å².